The molecule has 0 fully saturated rings. The summed E-state index contributed by atoms with van der Waals surface area (Å²) in [6.45, 7) is 1.85. The van der Waals surface area contributed by atoms with Crippen molar-refractivity contribution in [2.24, 2.45) is 0 Å². The van der Waals surface area contributed by atoms with E-state index in [0.717, 1.165) is 5.56 Å². The Labute approximate surface area is 147 Å². The van der Waals surface area contributed by atoms with Gasteiger partial charge in [0.1, 0.15) is 0 Å². The van der Waals surface area contributed by atoms with E-state index in [1.165, 1.54) is 25.3 Å². The molecule has 2 rings (SSSR count). The molecule has 122 valence electrons. The average molecular weight is 419 g/mol. The first-order valence-electron chi connectivity index (χ1n) is 6.41. The summed E-state index contributed by atoms with van der Waals surface area (Å²) in [5.74, 6) is -0.637. The molecule has 0 spiro atoms. The third kappa shape index (κ3) is 4.04. The molecule has 8 heteroatoms. The predicted molar refractivity (Wildman–Crippen MR) is 92.5 cm³/mol. The standard InChI is InChI=1S/C15H13BrClNO4S/c1-9-3-6-14(13(17)7-9)18-23(20,21)10-4-5-12(16)11(8-10)15(19)22-2/h3-8,18H,1-2H3. The van der Waals surface area contributed by atoms with Crippen LogP contribution in [-0.2, 0) is 14.8 Å². The van der Waals surface area contributed by atoms with Crippen molar-refractivity contribution in [2.75, 3.05) is 11.8 Å². The van der Waals surface area contributed by atoms with Crippen LogP contribution in [0.15, 0.2) is 45.8 Å². The highest BCUT2D eigenvalue weighted by Gasteiger charge is 2.20. The van der Waals surface area contributed by atoms with E-state index in [-0.39, 0.29) is 16.1 Å². The maximum absolute atomic E-state index is 12.5. The fourth-order valence-electron chi connectivity index (χ4n) is 1.84. The molecule has 0 aliphatic heterocycles. The summed E-state index contributed by atoms with van der Waals surface area (Å²) in [4.78, 5) is 11.6. The second kappa shape index (κ2) is 6.90. The quantitative estimate of drug-likeness (QED) is 0.762. The van der Waals surface area contributed by atoms with E-state index in [0.29, 0.717) is 9.50 Å². The van der Waals surface area contributed by atoms with Crippen LogP contribution < -0.4 is 4.72 Å². The van der Waals surface area contributed by atoms with Gasteiger partial charge in [-0.1, -0.05) is 17.7 Å². The number of ether oxygens (including phenoxy) is 1. The Balaban J connectivity index is 2.42. The van der Waals surface area contributed by atoms with Crippen LogP contribution in [0.2, 0.25) is 5.02 Å². The van der Waals surface area contributed by atoms with Crippen molar-refractivity contribution in [1.82, 2.24) is 0 Å². The largest absolute Gasteiger partial charge is 0.465 e. The lowest BCUT2D eigenvalue weighted by Gasteiger charge is -2.11. The van der Waals surface area contributed by atoms with Gasteiger partial charge in [0.05, 0.1) is 28.3 Å². The van der Waals surface area contributed by atoms with E-state index < -0.39 is 16.0 Å². The van der Waals surface area contributed by atoms with Crippen LogP contribution in [0.25, 0.3) is 0 Å². The fourth-order valence-corrected chi connectivity index (χ4v) is 3.70. The highest BCUT2D eigenvalue weighted by atomic mass is 79.9. The minimum atomic E-state index is -3.89. The van der Waals surface area contributed by atoms with Crippen molar-refractivity contribution in [3.63, 3.8) is 0 Å². The highest BCUT2D eigenvalue weighted by Crippen LogP contribution is 2.27. The van der Waals surface area contributed by atoms with Gasteiger partial charge in [-0.3, -0.25) is 4.72 Å². The fraction of sp³-hybridized carbons (Fsp3) is 0.133. The number of hydrogen-bond donors (Lipinski definition) is 1. The minimum Gasteiger partial charge on any atom is -0.465 e. The maximum Gasteiger partial charge on any atom is 0.339 e. The molecule has 0 aliphatic rings. The number of methoxy groups -OCH3 is 1. The summed E-state index contributed by atoms with van der Waals surface area (Å²) in [5, 5.41) is 0.291. The molecule has 0 bridgehead atoms. The second-order valence-corrected chi connectivity index (χ2v) is 7.67. The molecule has 0 aliphatic carbocycles. The normalized spacial score (nSPS) is 11.1. The SMILES string of the molecule is COC(=O)c1cc(S(=O)(=O)Nc2ccc(C)cc2Cl)ccc1Br. The van der Waals surface area contributed by atoms with Crippen molar-refractivity contribution in [3.8, 4) is 0 Å². The van der Waals surface area contributed by atoms with E-state index in [2.05, 4.69) is 25.4 Å². The molecule has 2 aromatic carbocycles. The minimum absolute atomic E-state index is 0.0715. The first kappa shape index (κ1) is 17.8. The number of benzene rings is 2. The van der Waals surface area contributed by atoms with Crippen LogP contribution >= 0.6 is 27.5 Å². The molecule has 0 radical (unpaired) electrons. The lowest BCUT2D eigenvalue weighted by Crippen LogP contribution is -2.14. The summed E-state index contributed by atoms with van der Waals surface area (Å²) in [6.07, 6.45) is 0. The van der Waals surface area contributed by atoms with Gasteiger partial charge in [-0.15, -0.1) is 0 Å². The molecule has 5 nitrogen and oxygen atoms in total. The van der Waals surface area contributed by atoms with Crippen LogP contribution in [0.3, 0.4) is 0 Å². The van der Waals surface area contributed by atoms with Crippen LogP contribution in [0.1, 0.15) is 15.9 Å². The molecule has 0 saturated heterocycles. The molecule has 0 atom stereocenters. The first-order valence-corrected chi connectivity index (χ1v) is 9.07. The molecule has 0 heterocycles. The zero-order valence-corrected chi connectivity index (χ0v) is 15.4. The van der Waals surface area contributed by atoms with Gasteiger partial charge in [0.15, 0.2) is 0 Å². The topological polar surface area (TPSA) is 72.5 Å². The number of carbonyl (C=O) groups is 1. The van der Waals surface area contributed by atoms with Crippen molar-refractivity contribution in [3.05, 3.63) is 57.0 Å². The van der Waals surface area contributed by atoms with Gasteiger partial charge in [-0.05, 0) is 58.7 Å². The smallest absolute Gasteiger partial charge is 0.339 e. The zero-order valence-electron chi connectivity index (χ0n) is 12.3. The monoisotopic (exact) mass is 417 g/mol. The molecule has 23 heavy (non-hydrogen) atoms. The van der Waals surface area contributed by atoms with E-state index in [4.69, 9.17) is 11.6 Å². The van der Waals surface area contributed by atoms with Crippen LogP contribution in [-0.4, -0.2) is 21.5 Å². The Bertz CT molecular complexity index is 868. The van der Waals surface area contributed by atoms with Gasteiger partial charge in [0, 0.05) is 4.47 Å². The van der Waals surface area contributed by atoms with Gasteiger partial charge in [0.2, 0.25) is 0 Å². The van der Waals surface area contributed by atoms with Crippen molar-refractivity contribution < 1.29 is 17.9 Å². The molecule has 0 unspecified atom stereocenters. The molecule has 0 saturated carbocycles. The molecule has 2 aromatic rings. The molecule has 0 aromatic heterocycles. The van der Waals surface area contributed by atoms with Gasteiger partial charge in [-0.2, -0.15) is 0 Å². The van der Waals surface area contributed by atoms with Gasteiger partial charge >= 0.3 is 5.97 Å². The Kier molecular flexibility index (Phi) is 5.33. The number of anilines is 1. The van der Waals surface area contributed by atoms with E-state index in [9.17, 15) is 13.2 Å². The number of nitrogens with one attached hydrogen (secondary N) is 1. The number of hydrogen-bond acceptors (Lipinski definition) is 4. The Morgan fingerprint density at radius 3 is 2.52 bits per heavy atom. The molecular formula is C15H13BrClNO4S. The number of sulfonamides is 1. The number of rotatable bonds is 4. The van der Waals surface area contributed by atoms with Crippen LogP contribution in [0.5, 0.6) is 0 Å². The molecular weight excluding hydrogens is 406 g/mol. The van der Waals surface area contributed by atoms with Crippen molar-refractivity contribution >= 4 is 49.2 Å². The van der Waals surface area contributed by atoms with E-state index in [1.807, 2.05) is 6.92 Å². The van der Waals surface area contributed by atoms with Gasteiger partial charge in [-0.25, -0.2) is 13.2 Å². The lowest BCUT2D eigenvalue weighted by atomic mass is 10.2. The third-order valence-electron chi connectivity index (χ3n) is 3.02. The summed E-state index contributed by atoms with van der Waals surface area (Å²) >= 11 is 9.23. The Morgan fingerprint density at radius 2 is 1.91 bits per heavy atom. The van der Waals surface area contributed by atoms with E-state index >= 15 is 0 Å². The Hall–Kier alpha value is -1.57. The number of esters is 1. The lowest BCUT2D eigenvalue weighted by molar-refractivity contribution is 0.0599. The summed E-state index contributed by atoms with van der Waals surface area (Å²) < 4.78 is 32.4. The number of halogens is 2. The van der Waals surface area contributed by atoms with E-state index in [1.54, 1.807) is 18.2 Å². The average Bonchev–Trinajstić information content (AvgIpc) is 2.49. The van der Waals surface area contributed by atoms with Crippen molar-refractivity contribution in [2.45, 2.75) is 11.8 Å². The zero-order chi connectivity index (χ0) is 17.2. The van der Waals surface area contributed by atoms with Gasteiger partial charge in [0.25, 0.3) is 10.0 Å². The second-order valence-electron chi connectivity index (χ2n) is 4.72. The first-order chi connectivity index (χ1) is 10.7. The van der Waals surface area contributed by atoms with Gasteiger partial charge < -0.3 is 4.74 Å². The number of carbonyl (C=O) groups excluding carboxylic acids is 1. The van der Waals surface area contributed by atoms with Crippen LogP contribution in [0, 0.1) is 6.92 Å². The van der Waals surface area contributed by atoms with Crippen molar-refractivity contribution in [1.29, 1.82) is 0 Å². The Morgan fingerprint density at radius 1 is 1.22 bits per heavy atom. The third-order valence-corrected chi connectivity index (χ3v) is 5.39. The maximum atomic E-state index is 12.5. The number of aryl methyl sites for hydroxylation is 1. The summed E-state index contributed by atoms with van der Waals surface area (Å²) in [7, 11) is -2.67. The van der Waals surface area contributed by atoms with Crippen LogP contribution in [0.4, 0.5) is 5.69 Å². The molecule has 1 N–H and O–H groups in total. The molecule has 0 amide bonds. The highest BCUT2D eigenvalue weighted by molar-refractivity contribution is 9.10. The predicted octanol–water partition coefficient (Wildman–Crippen LogP) is 4.00. The summed E-state index contributed by atoms with van der Waals surface area (Å²) in [5.41, 5.74) is 1.29. The summed E-state index contributed by atoms with van der Waals surface area (Å²) in [6, 6.07) is 9.06.